The van der Waals surface area contributed by atoms with Crippen molar-refractivity contribution in [2.45, 2.75) is 0 Å². The Kier molecular flexibility index (Phi) is 3.93. The lowest BCUT2D eigenvalue weighted by Crippen LogP contribution is -2.34. The molecule has 0 spiro atoms. The summed E-state index contributed by atoms with van der Waals surface area (Å²) in [6, 6.07) is 16.6. The molecule has 1 aliphatic heterocycles. The third kappa shape index (κ3) is 2.65. The molecule has 1 aliphatic rings. The van der Waals surface area contributed by atoms with Crippen molar-refractivity contribution in [2.24, 2.45) is 0 Å². The molecule has 3 rings (SSSR count). The van der Waals surface area contributed by atoms with Gasteiger partial charge in [0.1, 0.15) is 0 Å². The molecule has 0 aliphatic carbocycles. The highest BCUT2D eigenvalue weighted by Gasteiger charge is 2.18. The molecule has 21 heavy (non-hydrogen) atoms. The molecule has 2 aromatic carbocycles. The van der Waals surface area contributed by atoms with E-state index in [4.69, 9.17) is 9.47 Å². The van der Waals surface area contributed by atoms with Crippen molar-refractivity contribution < 1.29 is 9.47 Å². The molecule has 1 heterocycles. The monoisotopic (exact) mass is 281 g/mol. The second-order valence-corrected chi connectivity index (χ2v) is 5.02. The van der Waals surface area contributed by atoms with Crippen molar-refractivity contribution in [3.05, 3.63) is 65.2 Å². The molecule has 0 amide bonds. The molecule has 1 saturated heterocycles. The lowest BCUT2D eigenvalue weighted by molar-refractivity contribution is 0.355. The van der Waals surface area contributed by atoms with E-state index in [1.54, 1.807) is 14.2 Å². The average molecular weight is 281 g/mol. The molecule has 1 N–H and O–H groups in total. The molecular weight excluding hydrogens is 262 g/mol. The van der Waals surface area contributed by atoms with Crippen LogP contribution in [-0.2, 0) is 0 Å². The van der Waals surface area contributed by atoms with Crippen LogP contribution in [0.15, 0.2) is 54.1 Å². The molecule has 2 aromatic rings. The summed E-state index contributed by atoms with van der Waals surface area (Å²) in [7, 11) is 3.33. The molecule has 0 saturated carbocycles. The predicted molar refractivity (Wildman–Crippen MR) is 84.9 cm³/mol. The first kappa shape index (κ1) is 13.7. The molecule has 0 aromatic heterocycles. The summed E-state index contributed by atoms with van der Waals surface area (Å²) >= 11 is 0. The van der Waals surface area contributed by atoms with Crippen molar-refractivity contribution in [3.8, 4) is 11.5 Å². The van der Waals surface area contributed by atoms with Gasteiger partial charge in [0.05, 0.1) is 14.2 Å². The molecule has 1 fully saturated rings. The van der Waals surface area contributed by atoms with Gasteiger partial charge in [-0.25, -0.2) is 0 Å². The maximum absolute atomic E-state index is 5.43. The topological polar surface area (TPSA) is 30.5 Å². The van der Waals surface area contributed by atoms with Gasteiger partial charge in [0, 0.05) is 13.1 Å². The van der Waals surface area contributed by atoms with E-state index in [2.05, 4.69) is 35.6 Å². The Labute approximate surface area is 125 Å². The number of rotatable bonds is 4. The standard InChI is InChI=1S/C18H19NO2/c1-20-16-9-8-14(10-17(16)21-2)18(15-11-19-12-15)13-6-4-3-5-7-13/h3-10,19H,11-12H2,1-2H3. The Morgan fingerprint density at radius 2 is 1.57 bits per heavy atom. The number of hydrogen-bond acceptors (Lipinski definition) is 3. The first-order valence-corrected chi connectivity index (χ1v) is 7.04. The molecular formula is C18H19NO2. The normalized spacial score (nSPS) is 13.5. The fourth-order valence-electron chi connectivity index (χ4n) is 2.60. The molecule has 0 atom stereocenters. The fraction of sp³-hybridized carbons (Fsp3) is 0.222. The van der Waals surface area contributed by atoms with E-state index in [0.29, 0.717) is 0 Å². The van der Waals surface area contributed by atoms with Crippen LogP contribution >= 0.6 is 0 Å². The van der Waals surface area contributed by atoms with Crippen molar-refractivity contribution in [1.29, 1.82) is 0 Å². The molecule has 108 valence electrons. The SMILES string of the molecule is COc1ccc(C(=C2CNC2)c2ccccc2)cc1OC. The minimum absolute atomic E-state index is 0.755. The Morgan fingerprint density at radius 1 is 0.857 bits per heavy atom. The largest absolute Gasteiger partial charge is 0.493 e. The summed E-state index contributed by atoms with van der Waals surface area (Å²) in [5.41, 5.74) is 5.11. The average Bonchev–Trinajstić information content (AvgIpc) is 2.51. The Balaban J connectivity index is 2.10. The zero-order valence-corrected chi connectivity index (χ0v) is 12.3. The number of hydrogen-bond donors (Lipinski definition) is 1. The van der Waals surface area contributed by atoms with Crippen molar-refractivity contribution in [2.75, 3.05) is 27.3 Å². The van der Waals surface area contributed by atoms with Crippen LogP contribution in [0, 0.1) is 0 Å². The van der Waals surface area contributed by atoms with Gasteiger partial charge >= 0.3 is 0 Å². The van der Waals surface area contributed by atoms with E-state index in [1.165, 1.54) is 16.7 Å². The van der Waals surface area contributed by atoms with Crippen LogP contribution in [0.1, 0.15) is 11.1 Å². The molecule has 0 radical (unpaired) electrons. The number of nitrogens with one attached hydrogen (secondary N) is 1. The highest BCUT2D eigenvalue weighted by molar-refractivity contribution is 5.84. The van der Waals surface area contributed by atoms with Crippen molar-refractivity contribution in [3.63, 3.8) is 0 Å². The number of benzene rings is 2. The van der Waals surface area contributed by atoms with Gasteiger partial charge in [0.25, 0.3) is 0 Å². The summed E-state index contributed by atoms with van der Waals surface area (Å²) in [5.74, 6) is 1.52. The quantitative estimate of drug-likeness (QED) is 0.934. The van der Waals surface area contributed by atoms with Crippen molar-refractivity contribution in [1.82, 2.24) is 5.32 Å². The van der Waals surface area contributed by atoms with Gasteiger partial charge in [-0.05, 0) is 34.4 Å². The molecule has 3 heteroatoms. The first-order valence-electron chi connectivity index (χ1n) is 7.04. The summed E-state index contributed by atoms with van der Waals surface area (Å²) in [5, 5.41) is 3.32. The third-order valence-corrected chi connectivity index (χ3v) is 3.77. The second-order valence-electron chi connectivity index (χ2n) is 5.02. The zero-order chi connectivity index (χ0) is 14.7. The van der Waals surface area contributed by atoms with Crippen LogP contribution in [0.2, 0.25) is 0 Å². The van der Waals surface area contributed by atoms with Crippen LogP contribution in [0.4, 0.5) is 0 Å². The van der Waals surface area contributed by atoms with Gasteiger partial charge in [-0.3, -0.25) is 0 Å². The minimum Gasteiger partial charge on any atom is -0.493 e. The van der Waals surface area contributed by atoms with Gasteiger partial charge in [-0.1, -0.05) is 36.4 Å². The zero-order valence-electron chi connectivity index (χ0n) is 12.3. The van der Waals surface area contributed by atoms with E-state index >= 15 is 0 Å². The summed E-state index contributed by atoms with van der Waals surface area (Å²) in [6.07, 6.45) is 0. The second kappa shape index (κ2) is 6.02. The highest BCUT2D eigenvalue weighted by atomic mass is 16.5. The Hall–Kier alpha value is -2.26. The van der Waals surface area contributed by atoms with Gasteiger partial charge in [0.15, 0.2) is 11.5 Å². The number of methoxy groups -OCH3 is 2. The van der Waals surface area contributed by atoms with Gasteiger partial charge < -0.3 is 14.8 Å². The van der Waals surface area contributed by atoms with Crippen LogP contribution in [-0.4, -0.2) is 27.3 Å². The van der Waals surface area contributed by atoms with Crippen LogP contribution < -0.4 is 14.8 Å². The Bertz CT molecular complexity index is 656. The molecule has 3 nitrogen and oxygen atoms in total. The third-order valence-electron chi connectivity index (χ3n) is 3.77. The van der Waals surface area contributed by atoms with Crippen molar-refractivity contribution >= 4 is 5.57 Å². The maximum Gasteiger partial charge on any atom is 0.161 e. The van der Waals surface area contributed by atoms with E-state index < -0.39 is 0 Å². The Morgan fingerprint density at radius 3 is 2.14 bits per heavy atom. The summed E-state index contributed by atoms with van der Waals surface area (Å²) < 4.78 is 10.8. The van der Waals surface area contributed by atoms with Crippen LogP contribution in [0.5, 0.6) is 11.5 Å². The maximum atomic E-state index is 5.43. The van der Waals surface area contributed by atoms with Gasteiger partial charge in [-0.2, -0.15) is 0 Å². The first-order chi connectivity index (χ1) is 10.3. The van der Waals surface area contributed by atoms with E-state index in [9.17, 15) is 0 Å². The van der Waals surface area contributed by atoms with E-state index in [1.807, 2.05) is 18.2 Å². The number of ether oxygens (including phenoxy) is 2. The van der Waals surface area contributed by atoms with E-state index in [-0.39, 0.29) is 0 Å². The highest BCUT2D eigenvalue weighted by Crippen LogP contribution is 2.35. The van der Waals surface area contributed by atoms with Gasteiger partial charge in [-0.15, -0.1) is 0 Å². The van der Waals surface area contributed by atoms with E-state index in [0.717, 1.165) is 30.2 Å². The summed E-state index contributed by atoms with van der Waals surface area (Å²) in [6.45, 7) is 1.89. The lowest BCUT2D eigenvalue weighted by Gasteiger charge is -2.25. The lowest BCUT2D eigenvalue weighted by atomic mass is 9.90. The van der Waals surface area contributed by atoms with Crippen LogP contribution in [0.25, 0.3) is 5.57 Å². The fourth-order valence-corrected chi connectivity index (χ4v) is 2.60. The summed E-state index contributed by atoms with van der Waals surface area (Å²) in [4.78, 5) is 0. The predicted octanol–water partition coefficient (Wildman–Crippen LogP) is 3.11. The van der Waals surface area contributed by atoms with Crippen LogP contribution in [0.3, 0.4) is 0 Å². The van der Waals surface area contributed by atoms with Gasteiger partial charge in [0.2, 0.25) is 0 Å². The minimum atomic E-state index is 0.755. The molecule has 0 unspecified atom stereocenters. The smallest absolute Gasteiger partial charge is 0.161 e. The molecule has 0 bridgehead atoms.